The molecule has 0 radical (unpaired) electrons. The van der Waals surface area contributed by atoms with Crippen LogP contribution in [-0.4, -0.2) is 33.1 Å². The van der Waals surface area contributed by atoms with Gasteiger partial charge in [-0.15, -0.1) is 0 Å². The summed E-state index contributed by atoms with van der Waals surface area (Å²) in [6.07, 6.45) is 1.93. The van der Waals surface area contributed by atoms with Gasteiger partial charge in [0.05, 0.1) is 17.8 Å². The zero-order chi connectivity index (χ0) is 13.7. The Bertz CT molecular complexity index is 313. The summed E-state index contributed by atoms with van der Waals surface area (Å²) in [4.78, 5) is 0. The van der Waals surface area contributed by atoms with Gasteiger partial charge in [0.1, 0.15) is 0 Å². The first-order valence-electron chi connectivity index (χ1n) is 7.28. The lowest BCUT2D eigenvalue weighted by molar-refractivity contribution is -0.119. The molecule has 1 unspecified atom stereocenters. The molecule has 3 nitrogen and oxygen atoms in total. The Morgan fingerprint density at radius 1 is 1.06 bits per heavy atom. The molecule has 2 fully saturated rings. The highest BCUT2D eigenvalue weighted by Gasteiger charge is 2.58. The fourth-order valence-electron chi connectivity index (χ4n) is 4.34. The number of aliphatic hydroxyl groups is 3. The van der Waals surface area contributed by atoms with Gasteiger partial charge in [0.2, 0.25) is 0 Å². The lowest BCUT2D eigenvalue weighted by Gasteiger charge is -2.42. The van der Waals surface area contributed by atoms with Crippen LogP contribution in [0.5, 0.6) is 0 Å². The van der Waals surface area contributed by atoms with E-state index >= 15 is 0 Å². The van der Waals surface area contributed by atoms with Crippen molar-refractivity contribution in [3.8, 4) is 0 Å². The van der Waals surface area contributed by atoms with Gasteiger partial charge in [-0.1, -0.05) is 20.8 Å². The molecule has 18 heavy (non-hydrogen) atoms. The van der Waals surface area contributed by atoms with E-state index < -0.39 is 17.8 Å². The second-order valence-corrected chi connectivity index (χ2v) is 7.33. The molecule has 2 aliphatic rings. The first-order valence-corrected chi connectivity index (χ1v) is 7.28. The van der Waals surface area contributed by atoms with Crippen LogP contribution in [0.25, 0.3) is 0 Å². The van der Waals surface area contributed by atoms with Crippen molar-refractivity contribution >= 4 is 0 Å². The largest absolute Gasteiger partial charge is 0.393 e. The van der Waals surface area contributed by atoms with E-state index in [1.165, 1.54) is 0 Å². The topological polar surface area (TPSA) is 60.7 Å². The molecule has 0 heterocycles. The Balaban J connectivity index is 2.40. The van der Waals surface area contributed by atoms with Crippen molar-refractivity contribution in [2.24, 2.45) is 23.2 Å². The van der Waals surface area contributed by atoms with E-state index in [1.807, 2.05) is 0 Å². The van der Waals surface area contributed by atoms with E-state index in [0.29, 0.717) is 24.7 Å². The molecule has 6 atom stereocenters. The molecule has 3 N–H and O–H groups in total. The second kappa shape index (κ2) is 4.46. The standard InChI is InChI=1S/C15H28O3/c1-9(2)10-5-7-14(3)11(16)6-8-15(4,18)13(17)12(10)14/h9-13,16-18H,5-8H2,1-4H3/t10-,11+,12?,13+,14-,15-/m0/s1. The van der Waals surface area contributed by atoms with E-state index in [4.69, 9.17) is 0 Å². The van der Waals surface area contributed by atoms with E-state index in [2.05, 4.69) is 20.8 Å². The Morgan fingerprint density at radius 3 is 2.22 bits per heavy atom. The predicted octanol–water partition coefficient (Wildman–Crippen LogP) is 1.94. The van der Waals surface area contributed by atoms with Crippen molar-refractivity contribution in [2.45, 2.75) is 71.2 Å². The number of hydrogen-bond donors (Lipinski definition) is 3. The zero-order valence-corrected chi connectivity index (χ0v) is 12.1. The molecule has 0 aromatic carbocycles. The van der Waals surface area contributed by atoms with Crippen molar-refractivity contribution in [3.05, 3.63) is 0 Å². The number of hydrogen-bond acceptors (Lipinski definition) is 3. The summed E-state index contributed by atoms with van der Waals surface area (Å²) in [7, 11) is 0. The highest BCUT2D eigenvalue weighted by atomic mass is 16.3. The smallest absolute Gasteiger partial charge is 0.0881 e. The Labute approximate surface area is 110 Å². The molecule has 2 rings (SSSR count). The van der Waals surface area contributed by atoms with Crippen molar-refractivity contribution < 1.29 is 15.3 Å². The predicted molar refractivity (Wildman–Crippen MR) is 71.0 cm³/mol. The summed E-state index contributed by atoms with van der Waals surface area (Å²) in [5, 5.41) is 31.5. The van der Waals surface area contributed by atoms with Gasteiger partial charge in [-0.25, -0.2) is 0 Å². The van der Waals surface area contributed by atoms with Gasteiger partial charge in [-0.3, -0.25) is 0 Å². The molecular weight excluding hydrogens is 228 g/mol. The first-order chi connectivity index (χ1) is 8.20. The lowest BCUT2D eigenvalue weighted by atomic mass is 9.67. The normalized spacial score (nSPS) is 53.3. The number of rotatable bonds is 1. The van der Waals surface area contributed by atoms with Gasteiger partial charge < -0.3 is 15.3 Å². The molecule has 2 saturated carbocycles. The third-order valence-electron chi connectivity index (χ3n) is 5.76. The maximum absolute atomic E-state index is 10.6. The average Bonchev–Trinajstić information content (AvgIpc) is 2.61. The fraction of sp³-hybridized carbons (Fsp3) is 1.00. The molecular formula is C15H28O3. The Morgan fingerprint density at radius 2 is 1.67 bits per heavy atom. The van der Waals surface area contributed by atoms with Crippen LogP contribution in [0.1, 0.15) is 53.4 Å². The maximum atomic E-state index is 10.6. The van der Waals surface area contributed by atoms with E-state index in [-0.39, 0.29) is 11.3 Å². The summed E-state index contributed by atoms with van der Waals surface area (Å²) >= 11 is 0. The molecule has 0 aliphatic heterocycles. The summed E-state index contributed by atoms with van der Waals surface area (Å²) in [5.41, 5.74) is -1.31. The van der Waals surface area contributed by atoms with Crippen LogP contribution in [0.15, 0.2) is 0 Å². The molecule has 0 aromatic rings. The third kappa shape index (κ3) is 2.00. The molecule has 0 bridgehead atoms. The summed E-state index contributed by atoms with van der Waals surface area (Å²) in [5.74, 6) is 0.877. The van der Waals surface area contributed by atoms with Gasteiger partial charge in [-0.2, -0.15) is 0 Å². The number of aliphatic hydroxyl groups excluding tert-OH is 2. The molecule has 0 spiro atoms. The van der Waals surface area contributed by atoms with Gasteiger partial charge in [0.25, 0.3) is 0 Å². The highest BCUT2D eigenvalue weighted by Crippen LogP contribution is 2.57. The molecule has 0 amide bonds. The third-order valence-corrected chi connectivity index (χ3v) is 5.76. The van der Waals surface area contributed by atoms with Crippen molar-refractivity contribution in [2.75, 3.05) is 0 Å². The second-order valence-electron chi connectivity index (χ2n) is 7.33. The quantitative estimate of drug-likeness (QED) is 0.672. The maximum Gasteiger partial charge on any atom is 0.0881 e. The SMILES string of the molecule is CC(C)[C@@H]1CC[C@]2(C)C1[C@@H](O)[C@@](C)(O)CC[C@H]2O. The van der Waals surface area contributed by atoms with Crippen LogP contribution in [-0.2, 0) is 0 Å². The summed E-state index contributed by atoms with van der Waals surface area (Å²) < 4.78 is 0. The first kappa shape index (κ1) is 14.3. The van der Waals surface area contributed by atoms with Crippen LogP contribution in [0.4, 0.5) is 0 Å². The minimum absolute atomic E-state index is 0.00463. The van der Waals surface area contributed by atoms with Crippen molar-refractivity contribution in [1.82, 2.24) is 0 Å². The van der Waals surface area contributed by atoms with E-state index in [9.17, 15) is 15.3 Å². The van der Waals surface area contributed by atoms with Crippen LogP contribution in [0, 0.1) is 23.2 Å². The van der Waals surface area contributed by atoms with Crippen LogP contribution < -0.4 is 0 Å². The summed E-state index contributed by atoms with van der Waals surface area (Å²) in [6, 6.07) is 0. The van der Waals surface area contributed by atoms with Crippen molar-refractivity contribution in [1.29, 1.82) is 0 Å². The molecule has 3 heteroatoms. The monoisotopic (exact) mass is 256 g/mol. The zero-order valence-electron chi connectivity index (χ0n) is 12.1. The number of fused-ring (bicyclic) bond motifs is 1. The van der Waals surface area contributed by atoms with Gasteiger partial charge in [0.15, 0.2) is 0 Å². The Hall–Kier alpha value is -0.120. The van der Waals surface area contributed by atoms with Crippen LogP contribution in [0.2, 0.25) is 0 Å². The van der Waals surface area contributed by atoms with Gasteiger partial charge >= 0.3 is 0 Å². The minimum Gasteiger partial charge on any atom is -0.393 e. The molecule has 0 saturated heterocycles. The minimum atomic E-state index is -1.07. The van der Waals surface area contributed by atoms with Gasteiger partial charge in [-0.05, 0) is 55.8 Å². The molecule has 2 aliphatic carbocycles. The van der Waals surface area contributed by atoms with Gasteiger partial charge in [0, 0.05) is 0 Å². The van der Waals surface area contributed by atoms with E-state index in [1.54, 1.807) is 6.92 Å². The Kier molecular flexibility index (Phi) is 3.54. The fourth-order valence-corrected chi connectivity index (χ4v) is 4.34. The highest BCUT2D eigenvalue weighted by molar-refractivity contribution is 5.07. The van der Waals surface area contributed by atoms with Crippen molar-refractivity contribution in [3.63, 3.8) is 0 Å². The average molecular weight is 256 g/mol. The molecule has 0 aromatic heterocycles. The van der Waals surface area contributed by atoms with Crippen LogP contribution in [0.3, 0.4) is 0 Å². The lowest BCUT2D eigenvalue weighted by Crippen LogP contribution is -2.49. The van der Waals surface area contributed by atoms with E-state index in [0.717, 1.165) is 12.8 Å². The summed E-state index contributed by atoms with van der Waals surface area (Å²) in [6.45, 7) is 8.16. The molecule has 106 valence electrons. The van der Waals surface area contributed by atoms with Crippen LogP contribution >= 0.6 is 0 Å².